The van der Waals surface area contributed by atoms with Gasteiger partial charge >= 0.3 is 5.97 Å². The van der Waals surface area contributed by atoms with Gasteiger partial charge in [0.1, 0.15) is 11.0 Å². The van der Waals surface area contributed by atoms with Crippen molar-refractivity contribution < 1.29 is 23.9 Å². The highest BCUT2D eigenvalue weighted by Gasteiger charge is 2.24. The van der Waals surface area contributed by atoms with E-state index >= 15 is 0 Å². The van der Waals surface area contributed by atoms with Crippen LogP contribution in [0.4, 0.5) is 10.8 Å². The predicted octanol–water partition coefficient (Wildman–Crippen LogP) is 2.61. The zero-order chi connectivity index (χ0) is 19.4. The lowest BCUT2D eigenvalue weighted by atomic mass is 10.1. The van der Waals surface area contributed by atoms with Crippen molar-refractivity contribution in [3.05, 3.63) is 40.4 Å². The molecule has 9 heteroatoms. The third-order valence-electron chi connectivity index (χ3n) is 4.00. The highest BCUT2D eigenvalue weighted by Crippen LogP contribution is 2.24. The Labute approximate surface area is 159 Å². The molecule has 2 N–H and O–H groups in total. The van der Waals surface area contributed by atoms with Crippen LogP contribution in [0.25, 0.3) is 0 Å². The number of benzene rings is 1. The zero-order valence-corrected chi connectivity index (χ0v) is 15.7. The fourth-order valence-corrected chi connectivity index (χ4v) is 3.53. The van der Waals surface area contributed by atoms with E-state index < -0.39 is 18.0 Å². The smallest absolute Gasteiger partial charge is 0.350 e. The quantitative estimate of drug-likeness (QED) is 0.762. The Morgan fingerprint density at radius 3 is 2.81 bits per heavy atom. The Hall–Kier alpha value is -2.78. The molecule has 1 aliphatic heterocycles. The van der Waals surface area contributed by atoms with Gasteiger partial charge in [-0.15, -0.1) is 0 Å². The summed E-state index contributed by atoms with van der Waals surface area (Å²) in [5.74, 6) is -1.11. The molecule has 2 heterocycles. The molecule has 0 saturated carbocycles. The standard InChI is InChI=1S/C18H19N3O5S/c1-10-14(17(24)25-2)27-18(19-10)21-15(22)11-5-3-6-12(9-11)20-16(23)13-7-4-8-26-13/h3,5-6,9,13H,4,7-8H2,1-2H3,(H,20,23)(H,19,21,22). The molecule has 1 fully saturated rings. The minimum absolute atomic E-state index is 0.219. The Bertz CT molecular complexity index is 874. The molecule has 1 unspecified atom stereocenters. The molecule has 0 bridgehead atoms. The van der Waals surface area contributed by atoms with Crippen LogP contribution in [0.15, 0.2) is 24.3 Å². The van der Waals surface area contributed by atoms with Crippen molar-refractivity contribution in [2.24, 2.45) is 0 Å². The maximum Gasteiger partial charge on any atom is 0.350 e. The SMILES string of the molecule is COC(=O)c1sc(NC(=O)c2cccc(NC(=O)C3CCCO3)c2)nc1C. The minimum Gasteiger partial charge on any atom is -0.465 e. The van der Waals surface area contributed by atoms with Crippen LogP contribution >= 0.6 is 11.3 Å². The number of rotatable bonds is 5. The van der Waals surface area contributed by atoms with E-state index in [-0.39, 0.29) is 5.91 Å². The van der Waals surface area contributed by atoms with E-state index in [9.17, 15) is 14.4 Å². The molecule has 1 aliphatic rings. The Morgan fingerprint density at radius 1 is 1.30 bits per heavy atom. The fraction of sp³-hybridized carbons (Fsp3) is 0.333. The molecule has 1 atom stereocenters. The number of hydrogen-bond donors (Lipinski definition) is 2. The molecule has 1 aromatic carbocycles. The van der Waals surface area contributed by atoms with E-state index in [0.29, 0.717) is 40.0 Å². The summed E-state index contributed by atoms with van der Waals surface area (Å²) in [6, 6.07) is 6.57. The van der Waals surface area contributed by atoms with E-state index in [4.69, 9.17) is 4.74 Å². The maximum atomic E-state index is 12.5. The summed E-state index contributed by atoms with van der Waals surface area (Å²) in [4.78, 5) is 40.8. The molecule has 3 rings (SSSR count). The van der Waals surface area contributed by atoms with Gasteiger partial charge < -0.3 is 14.8 Å². The van der Waals surface area contributed by atoms with E-state index in [1.807, 2.05) is 0 Å². The molecule has 27 heavy (non-hydrogen) atoms. The predicted molar refractivity (Wildman–Crippen MR) is 100 cm³/mol. The van der Waals surface area contributed by atoms with Crippen LogP contribution in [-0.2, 0) is 14.3 Å². The number of thiazole rings is 1. The zero-order valence-electron chi connectivity index (χ0n) is 14.9. The van der Waals surface area contributed by atoms with Gasteiger partial charge in [-0.2, -0.15) is 0 Å². The number of aromatic nitrogens is 1. The average Bonchev–Trinajstić information content (AvgIpc) is 3.31. The second-order valence-corrected chi connectivity index (χ2v) is 6.95. The van der Waals surface area contributed by atoms with E-state index in [1.165, 1.54) is 7.11 Å². The Balaban J connectivity index is 1.68. The Morgan fingerprint density at radius 2 is 2.11 bits per heavy atom. The molecule has 142 valence electrons. The number of hydrogen-bond acceptors (Lipinski definition) is 7. The molecule has 1 saturated heterocycles. The lowest BCUT2D eigenvalue weighted by Crippen LogP contribution is -2.27. The summed E-state index contributed by atoms with van der Waals surface area (Å²) in [7, 11) is 1.29. The van der Waals surface area contributed by atoms with Gasteiger partial charge in [-0.05, 0) is 38.0 Å². The number of nitrogens with one attached hydrogen (secondary N) is 2. The molecule has 2 aromatic rings. The number of anilines is 2. The monoisotopic (exact) mass is 389 g/mol. The molecule has 0 aliphatic carbocycles. The fourth-order valence-electron chi connectivity index (χ4n) is 2.65. The number of nitrogens with zero attached hydrogens (tertiary/aromatic N) is 1. The summed E-state index contributed by atoms with van der Waals surface area (Å²) >= 11 is 1.04. The van der Waals surface area contributed by atoms with Crippen LogP contribution < -0.4 is 10.6 Å². The van der Waals surface area contributed by atoms with Gasteiger partial charge in [0, 0.05) is 17.9 Å². The largest absolute Gasteiger partial charge is 0.465 e. The third kappa shape index (κ3) is 4.50. The second kappa shape index (κ2) is 8.28. The van der Waals surface area contributed by atoms with Gasteiger partial charge in [-0.1, -0.05) is 17.4 Å². The van der Waals surface area contributed by atoms with Crippen LogP contribution in [-0.4, -0.2) is 42.6 Å². The number of esters is 1. The number of aryl methyl sites for hydroxylation is 1. The van der Waals surface area contributed by atoms with Gasteiger partial charge in [-0.25, -0.2) is 9.78 Å². The lowest BCUT2D eigenvalue weighted by molar-refractivity contribution is -0.124. The summed E-state index contributed by atoms with van der Waals surface area (Å²) in [6.45, 7) is 2.25. The van der Waals surface area contributed by atoms with Gasteiger partial charge in [0.2, 0.25) is 0 Å². The third-order valence-corrected chi connectivity index (χ3v) is 5.06. The first-order valence-electron chi connectivity index (χ1n) is 8.37. The Kier molecular flexibility index (Phi) is 5.82. The average molecular weight is 389 g/mol. The van der Waals surface area contributed by atoms with Crippen molar-refractivity contribution in [2.45, 2.75) is 25.9 Å². The van der Waals surface area contributed by atoms with Crippen LogP contribution in [0.5, 0.6) is 0 Å². The normalized spacial score (nSPS) is 16.0. The summed E-state index contributed by atoms with van der Waals surface area (Å²) in [6.07, 6.45) is 1.11. The molecular weight excluding hydrogens is 370 g/mol. The van der Waals surface area contributed by atoms with Crippen molar-refractivity contribution in [3.63, 3.8) is 0 Å². The lowest BCUT2D eigenvalue weighted by Gasteiger charge is -2.11. The van der Waals surface area contributed by atoms with E-state index in [0.717, 1.165) is 17.8 Å². The molecule has 0 radical (unpaired) electrons. The van der Waals surface area contributed by atoms with Crippen LogP contribution in [0.3, 0.4) is 0 Å². The van der Waals surface area contributed by atoms with E-state index in [1.54, 1.807) is 31.2 Å². The first-order chi connectivity index (χ1) is 13.0. The number of ether oxygens (including phenoxy) is 2. The van der Waals surface area contributed by atoms with Crippen LogP contribution in [0.1, 0.15) is 38.6 Å². The van der Waals surface area contributed by atoms with Crippen molar-refractivity contribution in [3.8, 4) is 0 Å². The van der Waals surface area contributed by atoms with Crippen molar-refractivity contribution >= 4 is 39.9 Å². The van der Waals surface area contributed by atoms with Gasteiger partial charge in [0.25, 0.3) is 11.8 Å². The number of carbonyl (C=O) groups is 3. The second-order valence-electron chi connectivity index (χ2n) is 5.95. The summed E-state index contributed by atoms with van der Waals surface area (Å²) in [5, 5.41) is 5.72. The molecular formula is C18H19N3O5S. The molecule has 2 amide bonds. The summed E-state index contributed by atoms with van der Waals surface area (Å²) in [5.41, 5.74) is 1.35. The molecule has 8 nitrogen and oxygen atoms in total. The van der Waals surface area contributed by atoms with Gasteiger partial charge in [0.05, 0.1) is 12.8 Å². The first-order valence-corrected chi connectivity index (χ1v) is 9.19. The van der Waals surface area contributed by atoms with Crippen molar-refractivity contribution in [2.75, 3.05) is 24.4 Å². The topological polar surface area (TPSA) is 107 Å². The van der Waals surface area contributed by atoms with Crippen molar-refractivity contribution in [1.29, 1.82) is 0 Å². The van der Waals surface area contributed by atoms with Gasteiger partial charge in [-0.3, -0.25) is 14.9 Å². The van der Waals surface area contributed by atoms with Crippen LogP contribution in [0.2, 0.25) is 0 Å². The summed E-state index contributed by atoms with van der Waals surface area (Å²) < 4.78 is 10.0. The number of methoxy groups -OCH3 is 1. The number of amides is 2. The van der Waals surface area contributed by atoms with Crippen molar-refractivity contribution in [1.82, 2.24) is 4.98 Å². The van der Waals surface area contributed by atoms with Crippen LogP contribution in [0, 0.1) is 6.92 Å². The minimum atomic E-state index is -0.496. The maximum absolute atomic E-state index is 12.5. The highest BCUT2D eigenvalue weighted by molar-refractivity contribution is 7.17. The van der Waals surface area contributed by atoms with E-state index in [2.05, 4.69) is 20.4 Å². The molecule has 0 spiro atoms. The van der Waals surface area contributed by atoms with Gasteiger partial charge in [0.15, 0.2) is 5.13 Å². The first kappa shape index (κ1) is 19.0. The number of carbonyl (C=O) groups excluding carboxylic acids is 3. The molecule has 1 aromatic heterocycles. The highest BCUT2D eigenvalue weighted by atomic mass is 32.1.